The van der Waals surface area contributed by atoms with Gasteiger partial charge in [-0.3, -0.25) is 9.59 Å². The molecule has 1 aliphatic rings. The number of rotatable bonds is 5. The number of anilines is 1. The van der Waals surface area contributed by atoms with E-state index in [4.69, 9.17) is 4.74 Å². The van der Waals surface area contributed by atoms with Crippen molar-refractivity contribution >= 4 is 33.4 Å². The molecule has 1 heterocycles. The van der Waals surface area contributed by atoms with Crippen molar-refractivity contribution < 1.29 is 14.3 Å². The normalized spacial score (nSPS) is 16.0. The smallest absolute Gasteiger partial charge is 0.267 e. The largest absolute Gasteiger partial charge is 0.479 e. The third kappa shape index (κ3) is 3.90. The zero-order chi connectivity index (χ0) is 18.7. The minimum atomic E-state index is -0.544. The van der Waals surface area contributed by atoms with Gasteiger partial charge in [-0.2, -0.15) is 0 Å². The molecule has 0 fully saturated rings. The third-order valence-corrected chi connectivity index (χ3v) is 5.19. The monoisotopic (exact) mass is 416 g/mol. The molecule has 6 heteroatoms. The molecule has 2 amide bonds. The summed E-state index contributed by atoms with van der Waals surface area (Å²) < 4.78 is 6.61. The Bertz CT molecular complexity index is 824. The van der Waals surface area contributed by atoms with Crippen LogP contribution in [0.1, 0.15) is 18.9 Å². The van der Waals surface area contributed by atoms with Crippen LogP contribution in [0.5, 0.6) is 5.75 Å². The SMILES string of the molecule is CC1Oc2ccccc2N(CCC(=O)N(C)Cc2ccccc2Br)C1=O. The first-order chi connectivity index (χ1) is 12.5. The van der Waals surface area contributed by atoms with Gasteiger partial charge in [-0.25, -0.2) is 0 Å². The standard InChI is InChI=1S/C20H21BrN2O3/c1-14-20(25)23(17-9-5-6-10-18(17)26-14)12-11-19(24)22(2)13-15-7-3-4-8-16(15)21/h3-10,14H,11-13H2,1-2H3. The molecular formula is C20H21BrN2O3. The number of carbonyl (C=O) groups excluding carboxylic acids is 2. The van der Waals surface area contributed by atoms with E-state index in [1.54, 1.807) is 23.8 Å². The molecule has 136 valence electrons. The van der Waals surface area contributed by atoms with Crippen LogP contribution in [-0.2, 0) is 16.1 Å². The molecule has 1 aliphatic heterocycles. The fourth-order valence-electron chi connectivity index (χ4n) is 2.96. The van der Waals surface area contributed by atoms with Gasteiger partial charge in [0.15, 0.2) is 6.10 Å². The predicted molar refractivity (Wildman–Crippen MR) is 104 cm³/mol. The van der Waals surface area contributed by atoms with Gasteiger partial charge in [-0.15, -0.1) is 0 Å². The highest BCUT2D eigenvalue weighted by molar-refractivity contribution is 9.10. The van der Waals surface area contributed by atoms with Gasteiger partial charge < -0.3 is 14.5 Å². The van der Waals surface area contributed by atoms with Crippen molar-refractivity contribution in [2.24, 2.45) is 0 Å². The highest BCUT2D eigenvalue weighted by Gasteiger charge is 2.31. The number of amides is 2. The number of fused-ring (bicyclic) bond motifs is 1. The second-order valence-electron chi connectivity index (χ2n) is 6.31. The first-order valence-corrected chi connectivity index (χ1v) is 9.31. The van der Waals surface area contributed by atoms with E-state index in [0.29, 0.717) is 18.8 Å². The molecule has 0 aromatic heterocycles. The van der Waals surface area contributed by atoms with Crippen molar-refractivity contribution in [3.05, 3.63) is 58.6 Å². The lowest BCUT2D eigenvalue weighted by Gasteiger charge is -2.33. The molecule has 26 heavy (non-hydrogen) atoms. The number of benzene rings is 2. The van der Waals surface area contributed by atoms with E-state index < -0.39 is 6.10 Å². The minimum Gasteiger partial charge on any atom is -0.479 e. The topological polar surface area (TPSA) is 49.9 Å². The van der Waals surface area contributed by atoms with Gasteiger partial charge in [0.05, 0.1) is 5.69 Å². The van der Waals surface area contributed by atoms with E-state index in [0.717, 1.165) is 15.7 Å². The maximum absolute atomic E-state index is 12.5. The van der Waals surface area contributed by atoms with Crippen LogP contribution in [0.3, 0.4) is 0 Å². The number of ether oxygens (including phenoxy) is 1. The molecule has 1 unspecified atom stereocenters. The van der Waals surface area contributed by atoms with Crippen molar-refractivity contribution in [3.63, 3.8) is 0 Å². The number of carbonyl (C=O) groups is 2. The number of para-hydroxylation sites is 2. The van der Waals surface area contributed by atoms with Gasteiger partial charge in [-0.05, 0) is 30.7 Å². The molecule has 0 N–H and O–H groups in total. The first-order valence-electron chi connectivity index (χ1n) is 8.52. The first kappa shape index (κ1) is 18.5. The van der Waals surface area contributed by atoms with E-state index in [1.807, 2.05) is 48.5 Å². The molecule has 5 nitrogen and oxygen atoms in total. The van der Waals surface area contributed by atoms with Crippen molar-refractivity contribution in [1.82, 2.24) is 4.90 Å². The fraction of sp³-hybridized carbons (Fsp3) is 0.300. The predicted octanol–water partition coefficient (Wildman–Crippen LogP) is 3.61. The number of nitrogens with zero attached hydrogens (tertiary/aromatic N) is 2. The third-order valence-electron chi connectivity index (χ3n) is 4.41. The van der Waals surface area contributed by atoms with Crippen LogP contribution in [0, 0.1) is 0 Å². The summed E-state index contributed by atoms with van der Waals surface area (Å²) in [6.07, 6.45) is -0.286. The Morgan fingerprint density at radius 2 is 1.88 bits per heavy atom. The highest BCUT2D eigenvalue weighted by Crippen LogP contribution is 2.33. The Morgan fingerprint density at radius 1 is 1.19 bits per heavy atom. The van der Waals surface area contributed by atoms with Crippen LogP contribution in [0.15, 0.2) is 53.0 Å². The van der Waals surface area contributed by atoms with Gasteiger partial charge in [0.1, 0.15) is 5.75 Å². The molecular weight excluding hydrogens is 396 g/mol. The Kier molecular flexibility index (Phi) is 5.61. The van der Waals surface area contributed by atoms with Crippen LogP contribution in [0.25, 0.3) is 0 Å². The van der Waals surface area contributed by atoms with Crippen LogP contribution in [-0.4, -0.2) is 36.4 Å². The summed E-state index contributed by atoms with van der Waals surface area (Å²) in [6, 6.07) is 15.2. The lowest BCUT2D eigenvalue weighted by atomic mass is 10.1. The van der Waals surface area contributed by atoms with Gasteiger partial charge in [0.2, 0.25) is 5.91 Å². The molecule has 0 saturated heterocycles. The van der Waals surface area contributed by atoms with E-state index in [9.17, 15) is 9.59 Å². The average Bonchev–Trinajstić information content (AvgIpc) is 2.63. The highest BCUT2D eigenvalue weighted by atomic mass is 79.9. The lowest BCUT2D eigenvalue weighted by molar-refractivity contribution is -0.130. The zero-order valence-electron chi connectivity index (χ0n) is 14.8. The Labute approximate surface area is 161 Å². The van der Waals surface area contributed by atoms with Crippen molar-refractivity contribution in [1.29, 1.82) is 0 Å². The fourth-order valence-corrected chi connectivity index (χ4v) is 3.37. The van der Waals surface area contributed by atoms with Crippen molar-refractivity contribution in [2.75, 3.05) is 18.5 Å². The Morgan fingerprint density at radius 3 is 2.65 bits per heavy atom. The molecule has 2 aromatic rings. The summed E-state index contributed by atoms with van der Waals surface area (Å²) in [6.45, 7) is 2.58. The summed E-state index contributed by atoms with van der Waals surface area (Å²) in [4.78, 5) is 28.3. The Hall–Kier alpha value is -2.34. The summed E-state index contributed by atoms with van der Waals surface area (Å²) in [5.41, 5.74) is 1.77. The van der Waals surface area contributed by atoms with Gasteiger partial charge in [0.25, 0.3) is 5.91 Å². The Balaban J connectivity index is 1.65. The molecule has 3 rings (SSSR count). The molecule has 0 spiro atoms. The second-order valence-corrected chi connectivity index (χ2v) is 7.16. The van der Waals surface area contributed by atoms with Crippen LogP contribution in [0.2, 0.25) is 0 Å². The number of hydrogen-bond acceptors (Lipinski definition) is 3. The van der Waals surface area contributed by atoms with E-state index in [2.05, 4.69) is 15.9 Å². The van der Waals surface area contributed by atoms with E-state index >= 15 is 0 Å². The molecule has 0 radical (unpaired) electrons. The molecule has 1 atom stereocenters. The maximum Gasteiger partial charge on any atom is 0.267 e. The van der Waals surface area contributed by atoms with Crippen molar-refractivity contribution in [2.45, 2.75) is 26.0 Å². The molecule has 0 aliphatic carbocycles. The van der Waals surface area contributed by atoms with Crippen LogP contribution < -0.4 is 9.64 Å². The van der Waals surface area contributed by atoms with E-state index in [1.165, 1.54) is 0 Å². The van der Waals surface area contributed by atoms with Gasteiger partial charge >= 0.3 is 0 Å². The molecule has 2 aromatic carbocycles. The van der Waals surface area contributed by atoms with Crippen molar-refractivity contribution in [3.8, 4) is 5.75 Å². The van der Waals surface area contributed by atoms with Gasteiger partial charge in [0, 0.05) is 31.0 Å². The minimum absolute atomic E-state index is 0.00909. The van der Waals surface area contributed by atoms with Crippen LogP contribution in [0.4, 0.5) is 5.69 Å². The summed E-state index contributed by atoms with van der Waals surface area (Å²) in [5.74, 6) is 0.545. The van der Waals surface area contributed by atoms with Gasteiger partial charge in [-0.1, -0.05) is 46.3 Å². The molecule has 0 saturated carbocycles. The maximum atomic E-state index is 12.5. The second kappa shape index (κ2) is 7.91. The molecule has 0 bridgehead atoms. The number of hydrogen-bond donors (Lipinski definition) is 0. The summed E-state index contributed by atoms with van der Waals surface area (Å²) in [5, 5.41) is 0. The van der Waals surface area contributed by atoms with Crippen LogP contribution >= 0.6 is 15.9 Å². The van der Waals surface area contributed by atoms with E-state index in [-0.39, 0.29) is 18.2 Å². The lowest BCUT2D eigenvalue weighted by Crippen LogP contribution is -2.45. The number of halogens is 1. The summed E-state index contributed by atoms with van der Waals surface area (Å²) in [7, 11) is 1.78. The summed E-state index contributed by atoms with van der Waals surface area (Å²) >= 11 is 3.50. The zero-order valence-corrected chi connectivity index (χ0v) is 16.4. The average molecular weight is 417 g/mol. The quantitative estimate of drug-likeness (QED) is 0.747.